The molecule has 1 aromatic carbocycles. The maximum Gasteiger partial charge on any atom is 0.244 e. The van der Waals surface area contributed by atoms with Crippen LogP contribution in [0.1, 0.15) is 30.4 Å². The van der Waals surface area contributed by atoms with Gasteiger partial charge in [-0.15, -0.1) is 0 Å². The summed E-state index contributed by atoms with van der Waals surface area (Å²) in [5.74, 6) is 0.566. The number of methoxy groups -OCH3 is 1. The molecule has 22 heavy (non-hydrogen) atoms. The highest BCUT2D eigenvalue weighted by molar-refractivity contribution is 5.92. The number of amides is 2. The van der Waals surface area contributed by atoms with Gasteiger partial charge >= 0.3 is 0 Å². The number of hydrogen-bond donors (Lipinski definition) is 2. The number of nitrogens with one attached hydrogen (secondary N) is 2. The topological polar surface area (TPSA) is 67.4 Å². The molecule has 1 unspecified atom stereocenters. The molecular formula is C17H22N2O3. The standard InChI is InChI=1S/C17H22N2O3/c1-12-5-3-6-13(17(12)22-2)8-9-15(20)19-14-7-4-10-18-16(21)11-14/h3,5-6,8-9,14H,4,7,10-11H2,1-2H3,(H,18,21)(H,19,20). The number of carbonyl (C=O) groups is 2. The van der Waals surface area contributed by atoms with Crippen molar-refractivity contribution in [3.05, 3.63) is 35.4 Å². The third kappa shape index (κ3) is 4.35. The third-order valence-electron chi connectivity index (χ3n) is 3.69. The van der Waals surface area contributed by atoms with Crippen molar-refractivity contribution in [2.75, 3.05) is 13.7 Å². The predicted octanol–water partition coefficient (Wildman–Crippen LogP) is 1.80. The summed E-state index contributed by atoms with van der Waals surface area (Å²) < 4.78 is 5.35. The minimum Gasteiger partial charge on any atom is -0.496 e. The number of carbonyl (C=O) groups excluding carboxylic acids is 2. The van der Waals surface area contributed by atoms with E-state index >= 15 is 0 Å². The first-order chi connectivity index (χ1) is 10.6. The maximum atomic E-state index is 12.0. The summed E-state index contributed by atoms with van der Waals surface area (Å²) in [4.78, 5) is 23.5. The second kappa shape index (κ2) is 7.64. The van der Waals surface area contributed by atoms with Crippen LogP contribution in [0.15, 0.2) is 24.3 Å². The normalized spacial score (nSPS) is 18.6. The van der Waals surface area contributed by atoms with Gasteiger partial charge in [0.1, 0.15) is 5.75 Å². The molecule has 0 radical (unpaired) electrons. The summed E-state index contributed by atoms with van der Waals surface area (Å²) in [5, 5.41) is 5.69. The first-order valence-electron chi connectivity index (χ1n) is 7.49. The highest BCUT2D eigenvalue weighted by Crippen LogP contribution is 2.23. The van der Waals surface area contributed by atoms with Gasteiger partial charge in [0.15, 0.2) is 0 Å². The minimum absolute atomic E-state index is 0.00728. The Hall–Kier alpha value is -2.30. The lowest BCUT2D eigenvalue weighted by Crippen LogP contribution is -2.35. The van der Waals surface area contributed by atoms with Crippen LogP contribution in [0.25, 0.3) is 6.08 Å². The zero-order valence-electron chi connectivity index (χ0n) is 13.0. The lowest BCUT2D eigenvalue weighted by atomic mass is 10.1. The van der Waals surface area contributed by atoms with Crippen molar-refractivity contribution in [2.24, 2.45) is 0 Å². The van der Waals surface area contributed by atoms with Crippen molar-refractivity contribution in [2.45, 2.75) is 32.2 Å². The number of benzene rings is 1. The molecule has 1 fully saturated rings. The SMILES string of the molecule is COc1c(C)cccc1C=CC(=O)NC1CCCNC(=O)C1. The molecule has 0 bridgehead atoms. The Morgan fingerprint density at radius 2 is 2.27 bits per heavy atom. The summed E-state index contributed by atoms with van der Waals surface area (Å²) in [6, 6.07) is 5.68. The molecule has 2 amide bonds. The Balaban J connectivity index is 1.99. The van der Waals surface area contributed by atoms with Gasteiger partial charge in [-0.1, -0.05) is 18.2 Å². The number of aryl methyl sites for hydroxylation is 1. The van der Waals surface area contributed by atoms with E-state index in [0.29, 0.717) is 13.0 Å². The molecule has 2 N–H and O–H groups in total. The molecule has 0 spiro atoms. The Kier molecular flexibility index (Phi) is 5.58. The van der Waals surface area contributed by atoms with E-state index in [4.69, 9.17) is 4.74 Å². The Morgan fingerprint density at radius 3 is 3.05 bits per heavy atom. The van der Waals surface area contributed by atoms with Gasteiger partial charge in [-0.05, 0) is 31.4 Å². The Labute approximate surface area is 130 Å². The minimum atomic E-state index is -0.191. The summed E-state index contributed by atoms with van der Waals surface area (Å²) in [6.45, 7) is 2.64. The molecule has 1 aliphatic heterocycles. The van der Waals surface area contributed by atoms with Crippen LogP contribution in [-0.2, 0) is 9.59 Å². The van der Waals surface area contributed by atoms with E-state index in [1.54, 1.807) is 13.2 Å². The van der Waals surface area contributed by atoms with Crippen molar-refractivity contribution in [3.8, 4) is 5.75 Å². The van der Waals surface area contributed by atoms with Gasteiger partial charge in [-0.2, -0.15) is 0 Å². The summed E-state index contributed by atoms with van der Waals surface area (Å²) >= 11 is 0. The van der Waals surface area contributed by atoms with E-state index in [1.807, 2.05) is 25.1 Å². The Morgan fingerprint density at radius 1 is 1.45 bits per heavy atom. The Bertz CT molecular complexity index is 581. The molecule has 1 aromatic rings. The smallest absolute Gasteiger partial charge is 0.244 e. The quantitative estimate of drug-likeness (QED) is 0.833. The highest BCUT2D eigenvalue weighted by Gasteiger charge is 2.18. The molecule has 118 valence electrons. The van der Waals surface area contributed by atoms with Gasteiger partial charge in [0.05, 0.1) is 7.11 Å². The van der Waals surface area contributed by atoms with E-state index < -0.39 is 0 Å². The van der Waals surface area contributed by atoms with Crippen LogP contribution in [0.3, 0.4) is 0 Å². The van der Waals surface area contributed by atoms with E-state index in [-0.39, 0.29) is 17.9 Å². The van der Waals surface area contributed by atoms with Crippen LogP contribution in [0.2, 0.25) is 0 Å². The van der Waals surface area contributed by atoms with Gasteiger partial charge in [0, 0.05) is 30.6 Å². The van der Waals surface area contributed by atoms with Crippen LogP contribution in [0, 0.1) is 6.92 Å². The number of hydrogen-bond acceptors (Lipinski definition) is 3. The van der Waals surface area contributed by atoms with E-state index in [9.17, 15) is 9.59 Å². The van der Waals surface area contributed by atoms with Gasteiger partial charge < -0.3 is 15.4 Å². The molecule has 5 nitrogen and oxygen atoms in total. The monoisotopic (exact) mass is 302 g/mol. The molecule has 0 aromatic heterocycles. The zero-order valence-corrected chi connectivity index (χ0v) is 13.0. The predicted molar refractivity (Wildman–Crippen MR) is 85.6 cm³/mol. The molecule has 1 heterocycles. The van der Waals surface area contributed by atoms with Gasteiger partial charge in [-0.3, -0.25) is 9.59 Å². The van der Waals surface area contributed by atoms with Crippen LogP contribution in [0.5, 0.6) is 5.75 Å². The average Bonchev–Trinajstić information content (AvgIpc) is 2.69. The molecule has 5 heteroatoms. The fourth-order valence-electron chi connectivity index (χ4n) is 2.60. The number of rotatable bonds is 4. The van der Waals surface area contributed by atoms with E-state index in [0.717, 1.165) is 29.7 Å². The summed E-state index contributed by atoms with van der Waals surface area (Å²) in [7, 11) is 1.61. The second-order valence-electron chi connectivity index (χ2n) is 5.43. The fourth-order valence-corrected chi connectivity index (χ4v) is 2.60. The summed E-state index contributed by atoms with van der Waals surface area (Å²) in [5.41, 5.74) is 1.88. The van der Waals surface area contributed by atoms with Crippen LogP contribution in [-0.4, -0.2) is 31.5 Å². The fraction of sp³-hybridized carbons (Fsp3) is 0.412. The summed E-state index contributed by atoms with van der Waals surface area (Å²) in [6.07, 6.45) is 5.25. The lowest BCUT2D eigenvalue weighted by Gasteiger charge is -2.13. The zero-order chi connectivity index (χ0) is 15.9. The first kappa shape index (κ1) is 16.1. The van der Waals surface area contributed by atoms with Crippen LogP contribution >= 0.6 is 0 Å². The van der Waals surface area contributed by atoms with Crippen molar-refractivity contribution in [1.82, 2.24) is 10.6 Å². The molecule has 0 saturated carbocycles. The van der Waals surface area contributed by atoms with Crippen LogP contribution in [0.4, 0.5) is 0 Å². The molecule has 1 aliphatic rings. The highest BCUT2D eigenvalue weighted by atomic mass is 16.5. The van der Waals surface area contributed by atoms with Crippen molar-refractivity contribution in [3.63, 3.8) is 0 Å². The first-order valence-corrected chi connectivity index (χ1v) is 7.49. The molecule has 0 aliphatic carbocycles. The average molecular weight is 302 g/mol. The van der Waals surface area contributed by atoms with E-state index in [2.05, 4.69) is 10.6 Å². The van der Waals surface area contributed by atoms with Gasteiger partial charge in [0.25, 0.3) is 0 Å². The number of ether oxygens (including phenoxy) is 1. The van der Waals surface area contributed by atoms with Crippen molar-refractivity contribution < 1.29 is 14.3 Å². The third-order valence-corrected chi connectivity index (χ3v) is 3.69. The van der Waals surface area contributed by atoms with E-state index in [1.165, 1.54) is 6.08 Å². The molecule has 2 rings (SSSR count). The van der Waals surface area contributed by atoms with Crippen LogP contribution < -0.4 is 15.4 Å². The van der Waals surface area contributed by atoms with Crippen molar-refractivity contribution in [1.29, 1.82) is 0 Å². The van der Waals surface area contributed by atoms with Gasteiger partial charge in [0.2, 0.25) is 11.8 Å². The maximum absolute atomic E-state index is 12.0. The molecule has 1 atom stereocenters. The lowest BCUT2D eigenvalue weighted by molar-refractivity contribution is -0.121. The van der Waals surface area contributed by atoms with Crippen molar-refractivity contribution >= 4 is 17.9 Å². The van der Waals surface area contributed by atoms with Gasteiger partial charge in [-0.25, -0.2) is 0 Å². The molecule has 1 saturated heterocycles. The molecular weight excluding hydrogens is 280 g/mol. The largest absolute Gasteiger partial charge is 0.496 e. The second-order valence-corrected chi connectivity index (χ2v) is 5.43. The number of para-hydroxylation sites is 1.